The standard InChI is InChI=1S/C26H26N2O5.H2/c1-31-22-15-18(8-9-19(22)25(30)16-32-17-25)24(29)27-13-10-26(11-14-27)23-7-4-12-28(23)20-5-2-3-6-21(20)33-26;/h2-9,12,15,30H,10-11,13-14,16-17H2,1H3;1H. The maximum Gasteiger partial charge on any atom is 0.253 e. The summed E-state index contributed by atoms with van der Waals surface area (Å²) in [5.74, 6) is 1.34. The number of hydrogen-bond donors (Lipinski definition) is 1. The van der Waals surface area contributed by atoms with Crippen LogP contribution in [0.4, 0.5) is 0 Å². The molecule has 1 aromatic heterocycles. The Morgan fingerprint density at radius 3 is 2.61 bits per heavy atom. The topological polar surface area (TPSA) is 73.2 Å². The van der Waals surface area contributed by atoms with Crippen molar-refractivity contribution < 1.29 is 25.5 Å². The third kappa shape index (κ3) is 3.07. The molecule has 3 aromatic rings. The number of ether oxygens (including phenoxy) is 3. The van der Waals surface area contributed by atoms with E-state index in [-0.39, 0.29) is 20.5 Å². The van der Waals surface area contributed by atoms with Gasteiger partial charge in [0.2, 0.25) is 0 Å². The van der Waals surface area contributed by atoms with E-state index in [0.29, 0.717) is 42.8 Å². The van der Waals surface area contributed by atoms with Gasteiger partial charge in [-0.25, -0.2) is 0 Å². The minimum atomic E-state index is -1.05. The highest BCUT2D eigenvalue weighted by molar-refractivity contribution is 5.95. The number of likely N-dealkylation sites (tertiary alicyclic amines) is 1. The summed E-state index contributed by atoms with van der Waals surface area (Å²) in [5.41, 5.74) is 1.90. The van der Waals surface area contributed by atoms with Crippen molar-refractivity contribution in [1.29, 1.82) is 0 Å². The predicted octanol–water partition coefficient (Wildman–Crippen LogP) is 3.47. The van der Waals surface area contributed by atoms with Crippen LogP contribution in [0.3, 0.4) is 0 Å². The van der Waals surface area contributed by atoms with E-state index in [1.165, 1.54) is 0 Å². The monoisotopic (exact) mass is 448 g/mol. The van der Waals surface area contributed by atoms with Crippen molar-refractivity contribution in [2.45, 2.75) is 24.0 Å². The third-order valence-corrected chi connectivity index (χ3v) is 7.14. The second-order valence-electron chi connectivity index (χ2n) is 9.06. The summed E-state index contributed by atoms with van der Waals surface area (Å²) in [7, 11) is 1.55. The molecule has 4 heterocycles. The zero-order valence-electron chi connectivity index (χ0n) is 18.5. The summed E-state index contributed by atoms with van der Waals surface area (Å²) >= 11 is 0. The average molecular weight is 449 g/mol. The van der Waals surface area contributed by atoms with Gasteiger partial charge in [-0.2, -0.15) is 0 Å². The van der Waals surface area contributed by atoms with Crippen LogP contribution < -0.4 is 9.47 Å². The third-order valence-electron chi connectivity index (χ3n) is 7.14. The lowest BCUT2D eigenvalue weighted by Gasteiger charge is -2.45. The van der Waals surface area contributed by atoms with E-state index in [1.54, 1.807) is 25.3 Å². The van der Waals surface area contributed by atoms with Crippen molar-refractivity contribution in [1.82, 2.24) is 9.47 Å². The van der Waals surface area contributed by atoms with Crippen molar-refractivity contribution >= 4 is 5.91 Å². The van der Waals surface area contributed by atoms with Gasteiger partial charge in [0.1, 0.15) is 17.1 Å². The fraction of sp³-hybridized carbons (Fsp3) is 0.346. The Morgan fingerprint density at radius 2 is 1.88 bits per heavy atom. The van der Waals surface area contributed by atoms with E-state index in [1.807, 2.05) is 23.1 Å². The summed E-state index contributed by atoms with van der Waals surface area (Å²) in [5, 5.41) is 10.6. The number of benzene rings is 2. The molecular weight excluding hydrogens is 420 g/mol. The van der Waals surface area contributed by atoms with Crippen LogP contribution in [0.1, 0.15) is 35.9 Å². The molecule has 3 aliphatic heterocycles. The molecule has 0 radical (unpaired) electrons. The Bertz CT molecular complexity index is 1230. The SMILES string of the molecule is COc1cc(C(=O)N2CCC3(CC2)Oc2ccccc2-n2cccc23)ccc1C1(O)COC1.[HH]. The molecule has 1 amide bonds. The first-order valence-electron chi connectivity index (χ1n) is 11.3. The van der Waals surface area contributed by atoms with Crippen molar-refractivity contribution in [3.8, 4) is 17.2 Å². The van der Waals surface area contributed by atoms with Crippen LogP contribution in [0.2, 0.25) is 0 Å². The summed E-state index contributed by atoms with van der Waals surface area (Å²) < 4.78 is 19.4. The van der Waals surface area contributed by atoms with Gasteiger partial charge in [-0.1, -0.05) is 18.2 Å². The molecule has 0 aliphatic carbocycles. The molecule has 1 spiro atoms. The molecule has 0 atom stereocenters. The lowest BCUT2D eigenvalue weighted by Crippen LogP contribution is -2.50. The van der Waals surface area contributed by atoms with Gasteiger partial charge in [0.25, 0.3) is 5.91 Å². The number of para-hydroxylation sites is 2. The molecule has 7 nitrogen and oxygen atoms in total. The maximum atomic E-state index is 13.3. The number of methoxy groups -OCH3 is 1. The van der Waals surface area contributed by atoms with Crippen molar-refractivity contribution in [2.24, 2.45) is 0 Å². The van der Waals surface area contributed by atoms with Crippen LogP contribution in [0.25, 0.3) is 5.69 Å². The number of hydrogen-bond acceptors (Lipinski definition) is 5. The number of aromatic nitrogens is 1. The number of fused-ring (bicyclic) bond motifs is 4. The highest BCUT2D eigenvalue weighted by atomic mass is 16.5. The Morgan fingerprint density at radius 1 is 1.09 bits per heavy atom. The first-order chi connectivity index (χ1) is 16.0. The van der Waals surface area contributed by atoms with E-state index < -0.39 is 11.2 Å². The fourth-order valence-electron chi connectivity index (χ4n) is 5.24. The number of rotatable bonds is 3. The highest BCUT2D eigenvalue weighted by Crippen LogP contribution is 2.45. The molecule has 7 heteroatoms. The maximum absolute atomic E-state index is 13.3. The van der Waals surface area contributed by atoms with Crippen molar-refractivity contribution in [2.75, 3.05) is 33.4 Å². The van der Waals surface area contributed by atoms with Crippen LogP contribution in [0, 0.1) is 0 Å². The zero-order chi connectivity index (χ0) is 22.6. The Balaban J connectivity index is 0.00000241. The summed E-state index contributed by atoms with van der Waals surface area (Å²) in [6.45, 7) is 1.65. The van der Waals surface area contributed by atoms with E-state index in [9.17, 15) is 9.90 Å². The molecule has 3 aliphatic rings. The number of nitrogens with zero attached hydrogens (tertiary/aromatic N) is 2. The summed E-state index contributed by atoms with van der Waals surface area (Å²) in [6, 6.07) is 17.5. The zero-order valence-corrected chi connectivity index (χ0v) is 18.5. The van der Waals surface area contributed by atoms with Crippen LogP contribution >= 0.6 is 0 Å². The van der Waals surface area contributed by atoms with Gasteiger partial charge in [0, 0.05) is 44.7 Å². The molecule has 2 aromatic carbocycles. The minimum Gasteiger partial charge on any atom is -0.496 e. The largest absolute Gasteiger partial charge is 0.496 e. The van der Waals surface area contributed by atoms with Gasteiger partial charge < -0.3 is 28.8 Å². The molecule has 172 valence electrons. The highest BCUT2D eigenvalue weighted by Gasteiger charge is 2.45. The van der Waals surface area contributed by atoms with E-state index in [4.69, 9.17) is 14.2 Å². The van der Waals surface area contributed by atoms with Gasteiger partial charge in [0.15, 0.2) is 5.60 Å². The lowest BCUT2D eigenvalue weighted by atomic mass is 9.86. The van der Waals surface area contributed by atoms with Crippen LogP contribution in [0.15, 0.2) is 60.8 Å². The number of aliphatic hydroxyl groups is 1. The number of piperidine rings is 1. The molecule has 33 heavy (non-hydrogen) atoms. The first-order valence-corrected chi connectivity index (χ1v) is 11.3. The molecule has 0 bridgehead atoms. The quantitative estimate of drug-likeness (QED) is 0.664. The van der Waals surface area contributed by atoms with Gasteiger partial charge in [-0.3, -0.25) is 4.79 Å². The Labute approximate surface area is 193 Å². The predicted molar refractivity (Wildman–Crippen MR) is 123 cm³/mol. The van der Waals surface area contributed by atoms with E-state index in [2.05, 4.69) is 29.0 Å². The van der Waals surface area contributed by atoms with Crippen LogP contribution in [0.5, 0.6) is 11.5 Å². The Kier molecular flexibility index (Phi) is 4.54. The number of carbonyl (C=O) groups is 1. The molecule has 2 fully saturated rings. The van der Waals surface area contributed by atoms with Gasteiger partial charge in [0.05, 0.1) is 31.7 Å². The first kappa shape index (κ1) is 20.3. The smallest absolute Gasteiger partial charge is 0.253 e. The second kappa shape index (κ2) is 7.37. The lowest BCUT2D eigenvalue weighted by molar-refractivity contribution is -0.185. The number of carbonyl (C=O) groups excluding carboxylic acids is 1. The van der Waals surface area contributed by atoms with Crippen molar-refractivity contribution in [3.05, 3.63) is 77.6 Å². The molecule has 0 saturated carbocycles. The number of amides is 1. The molecule has 1 N–H and O–H groups in total. The van der Waals surface area contributed by atoms with E-state index >= 15 is 0 Å². The van der Waals surface area contributed by atoms with Gasteiger partial charge >= 0.3 is 0 Å². The van der Waals surface area contributed by atoms with Gasteiger partial charge in [-0.15, -0.1) is 0 Å². The molecule has 0 unspecified atom stereocenters. The summed E-state index contributed by atoms with van der Waals surface area (Å²) in [6.07, 6.45) is 3.50. The minimum absolute atomic E-state index is 0. The fourth-order valence-corrected chi connectivity index (χ4v) is 5.24. The second-order valence-corrected chi connectivity index (χ2v) is 9.06. The van der Waals surface area contributed by atoms with Crippen molar-refractivity contribution in [3.63, 3.8) is 0 Å². The van der Waals surface area contributed by atoms with Gasteiger partial charge in [-0.05, 0) is 36.4 Å². The van der Waals surface area contributed by atoms with Crippen LogP contribution in [-0.4, -0.2) is 53.9 Å². The normalized spacial score (nSPS) is 19.8. The molecule has 2 saturated heterocycles. The Hall–Kier alpha value is -3.29. The van der Waals surface area contributed by atoms with E-state index in [0.717, 1.165) is 17.1 Å². The summed E-state index contributed by atoms with van der Waals surface area (Å²) in [4.78, 5) is 15.2. The van der Waals surface area contributed by atoms with Crippen LogP contribution in [-0.2, 0) is 15.9 Å². The molecule has 6 rings (SSSR count). The average Bonchev–Trinajstić information content (AvgIpc) is 3.34. The molecular formula is C26H28N2O5.